The lowest BCUT2D eigenvalue weighted by Gasteiger charge is -2.32. The number of hydrogen-bond acceptors (Lipinski definition) is 3. The average molecular weight is 290 g/mol. The van der Waals surface area contributed by atoms with Crippen LogP contribution in [0.25, 0.3) is 0 Å². The predicted molar refractivity (Wildman–Crippen MR) is 84.3 cm³/mol. The Labute approximate surface area is 127 Å². The molecule has 1 saturated heterocycles. The Balaban J connectivity index is 2.07. The fourth-order valence-electron chi connectivity index (χ4n) is 2.95. The molecular weight excluding hydrogens is 264 g/mol. The minimum absolute atomic E-state index is 0.0852. The molecule has 0 unspecified atom stereocenters. The molecule has 0 spiro atoms. The quantitative estimate of drug-likeness (QED) is 0.806. The van der Waals surface area contributed by atoms with Gasteiger partial charge in [-0.25, -0.2) is 0 Å². The third kappa shape index (κ3) is 4.27. The topological polar surface area (TPSA) is 42.4 Å². The number of amides is 1. The highest BCUT2D eigenvalue weighted by atomic mass is 16.5. The molecular formula is C17H26N2O2. The first kappa shape index (κ1) is 16.0. The predicted octanol–water partition coefficient (Wildman–Crippen LogP) is 3.42. The van der Waals surface area contributed by atoms with Crippen molar-refractivity contribution in [2.24, 2.45) is 5.92 Å². The van der Waals surface area contributed by atoms with E-state index in [1.807, 2.05) is 17.0 Å². The Bertz CT molecular complexity index is 434. The normalized spacial score (nSPS) is 22.0. The molecule has 2 heterocycles. The number of pyridine rings is 1. The molecule has 2 rings (SSSR count). The zero-order chi connectivity index (χ0) is 15.1. The molecule has 1 aromatic rings. The second-order valence-corrected chi connectivity index (χ2v) is 5.70. The monoisotopic (exact) mass is 290 g/mol. The maximum atomic E-state index is 12.9. The van der Waals surface area contributed by atoms with Gasteiger partial charge in [0.25, 0.3) is 0 Å². The minimum Gasteiger partial charge on any atom is -0.378 e. The van der Waals surface area contributed by atoms with E-state index < -0.39 is 0 Å². The van der Waals surface area contributed by atoms with Crippen molar-refractivity contribution < 1.29 is 9.53 Å². The number of anilines is 1. The summed E-state index contributed by atoms with van der Waals surface area (Å²) in [7, 11) is 0. The summed E-state index contributed by atoms with van der Waals surface area (Å²) >= 11 is 0. The molecule has 1 amide bonds. The van der Waals surface area contributed by atoms with Crippen LogP contribution in [0.4, 0.5) is 5.69 Å². The van der Waals surface area contributed by atoms with Gasteiger partial charge >= 0.3 is 0 Å². The van der Waals surface area contributed by atoms with Crippen molar-refractivity contribution in [3.05, 3.63) is 24.5 Å². The van der Waals surface area contributed by atoms with Crippen LogP contribution in [0.1, 0.15) is 46.0 Å². The molecule has 4 heteroatoms. The lowest BCUT2D eigenvalue weighted by Crippen LogP contribution is -2.41. The third-order valence-corrected chi connectivity index (χ3v) is 4.00. The van der Waals surface area contributed by atoms with E-state index in [9.17, 15) is 4.79 Å². The van der Waals surface area contributed by atoms with Gasteiger partial charge in [-0.05, 0) is 37.8 Å². The van der Waals surface area contributed by atoms with Crippen molar-refractivity contribution in [3.8, 4) is 0 Å². The first-order valence-corrected chi connectivity index (χ1v) is 8.09. The lowest BCUT2D eigenvalue weighted by atomic mass is 9.92. The molecule has 2 atom stereocenters. The second-order valence-electron chi connectivity index (χ2n) is 5.70. The minimum atomic E-state index is 0.0852. The van der Waals surface area contributed by atoms with Crippen molar-refractivity contribution in [1.82, 2.24) is 4.98 Å². The Morgan fingerprint density at radius 2 is 2.29 bits per heavy atom. The summed E-state index contributed by atoms with van der Waals surface area (Å²) in [5.41, 5.74) is 0.905. The summed E-state index contributed by atoms with van der Waals surface area (Å²) in [5, 5.41) is 0. The van der Waals surface area contributed by atoms with Gasteiger partial charge < -0.3 is 9.64 Å². The van der Waals surface area contributed by atoms with Crippen molar-refractivity contribution in [2.45, 2.75) is 52.1 Å². The molecule has 0 aromatic carbocycles. The number of nitrogens with zero attached hydrogens (tertiary/aromatic N) is 2. The molecule has 0 aliphatic carbocycles. The number of ether oxygens (including phenoxy) is 1. The van der Waals surface area contributed by atoms with Crippen LogP contribution in [0.15, 0.2) is 24.5 Å². The molecule has 0 bridgehead atoms. The average Bonchev–Trinajstić information content (AvgIpc) is 2.53. The summed E-state index contributed by atoms with van der Waals surface area (Å²) in [6, 6.07) is 3.85. The van der Waals surface area contributed by atoms with Crippen molar-refractivity contribution in [1.29, 1.82) is 0 Å². The number of aromatic nitrogens is 1. The second kappa shape index (κ2) is 8.13. The largest absolute Gasteiger partial charge is 0.378 e. The Kier molecular flexibility index (Phi) is 6.18. The number of rotatable bonds is 6. The van der Waals surface area contributed by atoms with Crippen molar-refractivity contribution in [3.63, 3.8) is 0 Å². The Morgan fingerprint density at radius 3 is 2.95 bits per heavy atom. The summed E-state index contributed by atoms with van der Waals surface area (Å²) in [6.45, 7) is 5.71. The van der Waals surface area contributed by atoms with Crippen LogP contribution < -0.4 is 4.90 Å². The highest BCUT2D eigenvalue weighted by Gasteiger charge is 2.30. The van der Waals surface area contributed by atoms with Crippen LogP contribution >= 0.6 is 0 Å². The number of carbonyl (C=O) groups excluding carboxylic acids is 1. The highest BCUT2D eigenvalue weighted by Crippen LogP contribution is 2.27. The van der Waals surface area contributed by atoms with Crippen LogP contribution in [0.2, 0.25) is 0 Å². The van der Waals surface area contributed by atoms with E-state index in [-0.39, 0.29) is 17.9 Å². The van der Waals surface area contributed by atoms with Crippen molar-refractivity contribution in [2.75, 3.05) is 18.1 Å². The smallest absolute Gasteiger partial charge is 0.230 e. The van der Waals surface area contributed by atoms with Gasteiger partial charge in [0.2, 0.25) is 5.91 Å². The van der Waals surface area contributed by atoms with Gasteiger partial charge in [0.15, 0.2) is 0 Å². The highest BCUT2D eigenvalue weighted by molar-refractivity contribution is 5.94. The standard InChI is InChI=1S/C17H26N2O2/c1-3-6-16-12-14(8-11-21-16)17(20)19(10-4-2)15-7-5-9-18-13-15/h5,7,9,13-14,16H,3-4,6,8,10-12H2,1-2H3/t14-,16-/m1/s1. The summed E-state index contributed by atoms with van der Waals surface area (Å²) in [5.74, 6) is 0.316. The SMILES string of the molecule is CCC[C@@H]1C[C@H](C(=O)N(CCC)c2cccnc2)CCO1. The van der Waals surface area contributed by atoms with E-state index in [4.69, 9.17) is 4.74 Å². The first-order valence-electron chi connectivity index (χ1n) is 8.09. The van der Waals surface area contributed by atoms with E-state index in [2.05, 4.69) is 18.8 Å². The van der Waals surface area contributed by atoms with Crippen LogP contribution in [-0.4, -0.2) is 30.1 Å². The molecule has 1 aromatic heterocycles. The summed E-state index contributed by atoms with van der Waals surface area (Å²) in [6.07, 6.45) is 8.54. The maximum absolute atomic E-state index is 12.9. The fraction of sp³-hybridized carbons (Fsp3) is 0.647. The van der Waals surface area contributed by atoms with Gasteiger partial charge in [-0.2, -0.15) is 0 Å². The lowest BCUT2D eigenvalue weighted by molar-refractivity contribution is -0.127. The molecule has 0 N–H and O–H groups in total. The van der Waals surface area contributed by atoms with Gasteiger partial charge in [0.1, 0.15) is 0 Å². The number of hydrogen-bond donors (Lipinski definition) is 0. The van der Waals surface area contributed by atoms with E-state index in [1.165, 1.54) is 0 Å². The molecule has 0 radical (unpaired) electrons. The number of carbonyl (C=O) groups is 1. The van der Waals surface area contributed by atoms with Gasteiger partial charge in [-0.15, -0.1) is 0 Å². The molecule has 1 aliphatic rings. The molecule has 4 nitrogen and oxygen atoms in total. The molecule has 0 saturated carbocycles. The van der Waals surface area contributed by atoms with Gasteiger partial charge in [-0.3, -0.25) is 9.78 Å². The van der Waals surface area contributed by atoms with Gasteiger partial charge in [0.05, 0.1) is 18.0 Å². The maximum Gasteiger partial charge on any atom is 0.230 e. The van der Waals surface area contributed by atoms with E-state index in [0.29, 0.717) is 6.61 Å². The van der Waals surface area contributed by atoms with E-state index in [0.717, 1.165) is 44.3 Å². The van der Waals surface area contributed by atoms with E-state index >= 15 is 0 Å². The third-order valence-electron chi connectivity index (χ3n) is 4.00. The van der Waals surface area contributed by atoms with Gasteiger partial charge in [-0.1, -0.05) is 20.3 Å². The first-order chi connectivity index (χ1) is 10.3. The molecule has 116 valence electrons. The summed E-state index contributed by atoms with van der Waals surface area (Å²) in [4.78, 5) is 18.9. The molecule has 1 fully saturated rings. The molecule has 21 heavy (non-hydrogen) atoms. The zero-order valence-electron chi connectivity index (χ0n) is 13.1. The van der Waals surface area contributed by atoms with Crippen LogP contribution in [-0.2, 0) is 9.53 Å². The Hall–Kier alpha value is -1.42. The Morgan fingerprint density at radius 1 is 1.43 bits per heavy atom. The van der Waals surface area contributed by atoms with E-state index in [1.54, 1.807) is 12.4 Å². The van der Waals surface area contributed by atoms with Crippen LogP contribution in [0, 0.1) is 5.92 Å². The summed E-state index contributed by atoms with van der Waals surface area (Å²) < 4.78 is 5.76. The van der Waals surface area contributed by atoms with Crippen LogP contribution in [0.3, 0.4) is 0 Å². The van der Waals surface area contributed by atoms with Crippen LogP contribution in [0.5, 0.6) is 0 Å². The fourth-order valence-corrected chi connectivity index (χ4v) is 2.95. The van der Waals surface area contributed by atoms with Gasteiger partial charge in [0, 0.05) is 25.3 Å². The van der Waals surface area contributed by atoms with Crippen molar-refractivity contribution >= 4 is 11.6 Å². The molecule has 1 aliphatic heterocycles. The zero-order valence-corrected chi connectivity index (χ0v) is 13.1.